The molecule has 3 saturated carbocycles. The Bertz CT molecular complexity index is 1350. The maximum Gasteiger partial charge on any atom is 0.335 e. The molecule has 1 aromatic rings. The van der Waals surface area contributed by atoms with E-state index in [1.54, 1.807) is 18.2 Å². The number of hydrogen-bond acceptors (Lipinski definition) is 8. The van der Waals surface area contributed by atoms with Crippen LogP contribution in [0.25, 0.3) is 0 Å². The van der Waals surface area contributed by atoms with Gasteiger partial charge in [-0.1, -0.05) is 31.6 Å². The molecule has 0 aliphatic heterocycles. The number of carbonyl (C=O) groups is 5. The Labute approximate surface area is 250 Å². The summed E-state index contributed by atoms with van der Waals surface area (Å²) in [6.07, 6.45) is 4.51. The quantitative estimate of drug-likeness (QED) is 0.314. The summed E-state index contributed by atoms with van der Waals surface area (Å²) >= 11 is 0. The predicted octanol–water partition coefficient (Wildman–Crippen LogP) is 3.13. The van der Waals surface area contributed by atoms with Crippen molar-refractivity contribution in [2.75, 3.05) is 6.61 Å². The molecule has 5 rings (SSSR count). The van der Waals surface area contributed by atoms with Gasteiger partial charge in [0, 0.05) is 24.8 Å². The number of aliphatic hydroxyl groups excluding tert-OH is 1. The molecule has 7 atom stereocenters. The first-order valence-electron chi connectivity index (χ1n) is 15.2. The lowest BCUT2D eigenvalue weighted by atomic mass is 9.45. The molecule has 3 fully saturated rings. The Hall–Kier alpha value is -3.37. The molecule has 10 heteroatoms. The van der Waals surface area contributed by atoms with Gasteiger partial charge in [-0.15, -0.1) is 0 Å². The topological polar surface area (TPSA) is 167 Å². The SMILES string of the molecule is C[C@]12CCC(=O)C=C1CC[C@@H]1[C@@H]2[C@@H](O)C[C@@]2(C)[C@H]1CC[C@]2(O)C(=O)COC(=O)CCC(=O)NCc1ccc(C(=O)O)cc1. The molecule has 0 aromatic heterocycles. The van der Waals surface area contributed by atoms with E-state index in [0.717, 1.165) is 18.4 Å². The highest BCUT2D eigenvalue weighted by atomic mass is 16.5. The van der Waals surface area contributed by atoms with E-state index in [1.165, 1.54) is 12.1 Å². The minimum absolute atomic E-state index is 0.0191. The number of ketones is 2. The molecule has 1 amide bonds. The van der Waals surface area contributed by atoms with Crippen LogP contribution in [0.3, 0.4) is 0 Å². The van der Waals surface area contributed by atoms with Crippen molar-refractivity contribution in [1.29, 1.82) is 0 Å². The maximum absolute atomic E-state index is 13.4. The van der Waals surface area contributed by atoms with Crippen LogP contribution in [0.2, 0.25) is 0 Å². The molecule has 1 aromatic carbocycles. The molecule has 10 nitrogen and oxygen atoms in total. The predicted molar refractivity (Wildman–Crippen MR) is 153 cm³/mol. The lowest BCUT2D eigenvalue weighted by Crippen LogP contribution is -2.62. The van der Waals surface area contributed by atoms with E-state index in [4.69, 9.17) is 9.84 Å². The number of nitrogens with one attached hydrogen (secondary N) is 1. The smallest absolute Gasteiger partial charge is 0.335 e. The molecule has 0 heterocycles. The number of fused-ring (bicyclic) bond motifs is 5. The van der Waals surface area contributed by atoms with Gasteiger partial charge in [0.2, 0.25) is 11.7 Å². The molecule has 0 spiro atoms. The molecule has 4 N–H and O–H groups in total. The average Bonchev–Trinajstić information content (AvgIpc) is 3.24. The largest absolute Gasteiger partial charge is 0.478 e. The van der Waals surface area contributed by atoms with Gasteiger partial charge in [0.15, 0.2) is 12.4 Å². The summed E-state index contributed by atoms with van der Waals surface area (Å²) in [7, 11) is 0. The van der Waals surface area contributed by atoms with E-state index in [2.05, 4.69) is 12.2 Å². The zero-order chi connectivity index (χ0) is 31.2. The van der Waals surface area contributed by atoms with Crippen molar-refractivity contribution in [3.63, 3.8) is 0 Å². The second-order valence-electron chi connectivity index (χ2n) is 13.3. The number of aliphatic hydroxyl groups is 2. The first kappa shape index (κ1) is 31.1. The number of esters is 1. The summed E-state index contributed by atoms with van der Waals surface area (Å²) in [6.45, 7) is 3.59. The van der Waals surface area contributed by atoms with E-state index in [-0.39, 0.29) is 66.7 Å². The third-order valence-electron chi connectivity index (χ3n) is 11.1. The van der Waals surface area contributed by atoms with Crippen molar-refractivity contribution in [3.8, 4) is 0 Å². The van der Waals surface area contributed by atoms with Gasteiger partial charge in [-0.05, 0) is 85.5 Å². The standard InChI is InChI=1S/C33H41NO9/c1-31-13-11-22(35)15-21(31)7-8-23-24-12-14-33(42,32(24,2)16-25(36)29(23)31)26(37)18-43-28(39)10-9-27(38)34-17-19-3-5-20(6-4-19)30(40)41/h3-6,15,23-25,29,36,42H,7-14,16-18H2,1-2H3,(H,34,38)(H,40,41)/t23-,24-,25-,29+,31-,32-,33-/m0/s1. The van der Waals surface area contributed by atoms with E-state index in [0.29, 0.717) is 24.8 Å². The molecule has 43 heavy (non-hydrogen) atoms. The van der Waals surface area contributed by atoms with E-state index >= 15 is 0 Å². The fourth-order valence-electron chi connectivity index (χ4n) is 8.76. The van der Waals surface area contributed by atoms with Crippen molar-refractivity contribution in [1.82, 2.24) is 5.32 Å². The number of carboxylic acid groups (broad SMARTS) is 1. The molecule has 4 aliphatic carbocycles. The number of rotatable bonds is 9. The monoisotopic (exact) mass is 595 g/mol. The average molecular weight is 596 g/mol. The lowest BCUT2D eigenvalue weighted by Gasteiger charge is -2.60. The van der Waals surface area contributed by atoms with Gasteiger partial charge in [0.25, 0.3) is 0 Å². The Morgan fingerprint density at radius 3 is 2.44 bits per heavy atom. The van der Waals surface area contributed by atoms with E-state index in [9.17, 15) is 34.2 Å². The van der Waals surface area contributed by atoms with E-state index in [1.807, 2.05) is 6.92 Å². The van der Waals surface area contributed by atoms with E-state index < -0.39 is 47.4 Å². The molecular formula is C33H41NO9. The Kier molecular flexibility index (Phi) is 8.39. The number of carboxylic acids is 1. The number of allylic oxidation sites excluding steroid dienone is 1. The number of amides is 1. The summed E-state index contributed by atoms with van der Waals surface area (Å²) < 4.78 is 5.20. The second-order valence-corrected chi connectivity index (χ2v) is 13.3. The number of carbonyl (C=O) groups excluding carboxylic acids is 4. The molecule has 0 radical (unpaired) electrons. The van der Waals surface area contributed by atoms with Gasteiger partial charge in [-0.2, -0.15) is 0 Å². The molecule has 0 unspecified atom stereocenters. The van der Waals surface area contributed by atoms with Gasteiger partial charge in [0.05, 0.1) is 18.1 Å². The number of benzene rings is 1. The Morgan fingerprint density at radius 2 is 1.74 bits per heavy atom. The van der Waals surface area contributed by atoms with Crippen molar-refractivity contribution < 1.29 is 44.0 Å². The minimum Gasteiger partial charge on any atom is -0.478 e. The zero-order valence-electron chi connectivity index (χ0n) is 24.8. The molecule has 232 valence electrons. The normalized spacial score (nSPS) is 34.7. The Morgan fingerprint density at radius 1 is 1.02 bits per heavy atom. The number of Topliss-reactive ketones (excluding diaryl/α,β-unsaturated/α-hetero) is 1. The molecule has 4 aliphatic rings. The van der Waals surface area contributed by atoms with Gasteiger partial charge in [0.1, 0.15) is 5.60 Å². The number of aromatic carboxylic acids is 1. The fraction of sp³-hybridized carbons (Fsp3) is 0.606. The zero-order valence-corrected chi connectivity index (χ0v) is 24.8. The highest BCUT2D eigenvalue weighted by Crippen LogP contribution is 2.67. The summed E-state index contributed by atoms with van der Waals surface area (Å²) in [4.78, 5) is 61.1. The van der Waals surface area contributed by atoms with Crippen molar-refractivity contribution in [2.45, 2.75) is 89.9 Å². The lowest BCUT2D eigenvalue weighted by molar-refractivity contribution is -0.184. The summed E-state index contributed by atoms with van der Waals surface area (Å²) in [5, 5.41) is 34.9. The molecule has 0 saturated heterocycles. The summed E-state index contributed by atoms with van der Waals surface area (Å²) in [5.41, 5.74) is -0.920. The van der Waals surface area contributed by atoms with Crippen LogP contribution >= 0.6 is 0 Å². The van der Waals surface area contributed by atoms with Crippen LogP contribution in [0.15, 0.2) is 35.9 Å². The van der Waals surface area contributed by atoms with Crippen LogP contribution in [0.4, 0.5) is 0 Å². The van der Waals surface area contributed by atoms with Gasteiger partial charge < -0.3 is 25.4 Å². The number of ether oxygens (including phenoxy) is 1. The van der Waals surface area contributed by atoms with Crippen LogP contribution in [0, 0.1) is 28.6 Å². The fourth-order valence-corrected chi connectivity index (χ4v) is 8.76. The van der Waals surface area contributed by atoms with Gasteiger partial charge in [-0.3, -0.25) is 19.2 Å². The maximum atomic E-state index is 13.4. The number of hydrogen-bond donors (Lipinski definition) is 4. The third kappa shape index (κ3) is 5.55. The summed E-state index contributed by atoms with van der Waals surface area (Å²) in [5.74, 6) is -2.52. The van der Waals surface area contributed by atoms with Crippen molar-refractivity contribution in [2.24, 2.45) is 28.6 Å². The first-order chi connectivity index (χ1) is 20.3. The highest BCUT2D eigenvalue weighted by Gasteiger charge is 2.68. The molecule has 0 bridgehead atoms. The third-order valence-corrected chi connectivity index (χ3v) is 11.1. The van der Waals surface area contributed by atoms with Gasteiger partial charge >= 0.3 is 11.9 Å². The minimum atomic E-state index is -1.74. The van der Waals surface area contributed by atoms with Crippen molar-refractivity contribution >= 4 is 29.4 Å². The van der Waals surface area contributed by atoms with Crippen LogP contribution in [0.1, 0.15) is 87.6 Å². The second kappa shape index (κ2) is 11.6. The van der Waals surface area contributed by atoms with Crippen LogP contribution in [0.5, 0.6) is 0 Å². The van der Waals surface area contributed by atoms with Crippen molar-refractivity contribution in [3.05, 3.63) is 47.0 Å². The van der Waals surface area contributed by atoms with Crippen LogP contribution < -0.4 is 5.32 Å². The van der Waals surface area contributed by atoms with Crippen LogP contribution in [-0.2, 0) is 30.5 Å². The summed E-state index contributed by atoms with van der Waals surface area (Å²) in [6, 6.07) is 6.06. The Balaban J connectivity index is 1.14. The van der Waals surface area contributed by atoms with Gasteiger partial charge in [-0.25, -0.2) is 4.79 Å². The first-order valence-corrected chi connectivity index (χ1v) is 15.2. The van der Waals surface area contributed by atoms with Crippen LogP contribution in [-0.4, -0.2) is 63.0 Å². The molecular weight excluding hydrogens is 554 g/mol. The highest BCUT2D eigenvalue weighted by molar-refractivity contribution is 5.92.